The number of phenolic OH excluding ortho intramolecular Hbond substituents is 8. The van der Waals surface area contributed by atoms with Gasteiger partial charge in [-0.25, -0.2) is 0 Å². The van der Waals surface area contributed by atoms with Crippen molar-refractivity contribution in [1.29, 1.82) is 0 Å². The molecule has 0 bridgehead atoms. The first kappa shape index (κ1) is 18.8. The fourth-order valence-corrected chi connectivity index (χ4v) is 3.32. The van der Waals surface area contributed by atoms with Gasteiger partial charge in [0.05, 0.1) is 5.41 Å². The minimum absolute atomic E-state index is 0.0378. The van der Waals surface area contributed by atoms with E-state index in [1.165, 1.54) is 31.2 Å². The van der Waals surface area contributed by atoms with Crippen LogP contribution >= 0.6 is 0 Å². The van der Waals surface area contributed by atoms with Gasteiger partial charge >= 0.3 is 0 Å². The first-order valence-electron chi connectivity index (χ1n) is 8.10. The number of hydrogen-bond donors (Lipinski definition) is 8. The van der Waals surface area contributed by atoms with Gasteiger partial charge in [0, 0.05) is 22.8 Å². The summed E-state index contributed by atoms with van der Waals surface area (Å²) in [7, 11) is 0. The van der Waals surface area contributed by atoms with Crippen molar-refractivity contribution in [2.24, 2.45) is 0 Å². The van der Waals surface area contributed by atoms with Gasteiger partial charge < -0.3 is 40.9 Å². The van der Waals surface area contributed by atoms with E-state index in [2.05, 4.69) is 0 Å². The summed E-state index contributed by atoms with van der Waals surface area (Å²) in [5.41, 5.74) is -1.58. The second kappa shape index (κ2) is 6.34. The van der Waals surface area contributed by atoms with Crippen LogP contribution in [0.5, 0.6) is 46.0 Å². The Hall–Kier alpha value is -3.94. The third kappa shape index (κ3) is 2.62. The maximum atomic E-state index is 10.5. The molecule has 0 unspecified atom stereocenters. The van der Waals surface area contributed by atoms with Crippen molar-refractivity contribution in [3.63, 3.8) is 0 Å². The molecule has 8 nitrogen and oxygen atoms in total. The largest absolute Gasteiger partial charge is 0.508 e. The van der Waals surface area contributed by atoms with E-state index in [-0.39, 0.29) is 22.4 Å². The molecule has 0 heterocycles. The predicted molar refractivity (Wildman–Crippen MR) is 98.2 cm³/mol. The van der Waals surface area contributed by atoms with Gasteiger partial charge in [-0.05, 0) is 25.1 Å². The molecule has 0 aromatic heterocycles. The van der Waals surface area contributed by atoms with Crippen LogP contribution in [0.4, 0.5) is 0 Å². The second-order valence-corrected chi connectivity index (χ2v) is 6.49. The number of rotatable bonds is 3. The van der Waals surface area contributed by atoms with E-state index >= 15 is 0 Å². The van der Waals surface area contributed by atoms with Crippen molar-refractivity contribution in [3.8, 4) is 46.0 Å². The van der Waals surface area contributed by atoms with E-state index in [0.717, 1.165) is 18.2 Å². The van der Waals surface area contributed by atoms with Gasteiger partial charge in [0.1, 0.15) is 11.5 Å². The summed E-state index contributed by atoms with van der Waals surface area (Å²) in [6.07, 6.45) is 0. The molecule has 0 radical (unpaired) electrons. The molecule has 0 saturated carbocycles. The van der Waals surface area contributed by atoms with Gasteiger partial charge in [-0.15, -0.1) is 0 Å². The average Bonchev–Trinajstić information content (AvgIpc) is 2.64. The van der Waals surface area contributed by atoms with Crippen molar-refractivity contribution in [2.45, 2.75) is 12.3 Å². The first-order chi connectivity index (χ1) is 13.1. The molecular weight excluding hydrogens is 368 g/mol. The Balaban J connectivity index is 2.45. The van der Waals surface area contributed by atoms with Crippen LogP contribution in [0.1, 0.15) is 23.6 Å². The van der Waals surface area contributed by atoms with Crippen LogP contribution in [-0.2, 0) is 5.41 Å². The van der Waals surface area contributed by atoms with Crippen molar-refractivity contribution in [2.75, 3.05) is 0 Å². The lowest BCUT2D eigenvalue weighted by molar-refractivity contribution is 0.353. The first-order valence-corrected chi connectivity index (χ1v) is 8.10. The second-order valence-electron chi connectivity index (χ2n) is 6.49. The Morgan fingerprint density at radius 1 is 0.500 bits per heavy atom. The number of hydrogen-bond acceptors (Lipinski definition) is 8. The molecule has 0 aliphatic rings. The lowest BCUT2D eigenvalue weighted by Crippen LogP contribution is -2.26. The van der Waals surface area contributed by atoms with Gasteiger partial charge in [0.25, 0.3) is 0 Å². The molecule has 0 aliphatic carbocycles. The van der Waals surface area contributed by atoms with Crippen LogP contribution in [0.3, 0.4) is 0 Å². The predicted octanol–water partition coefficient (Wildman–Crippen LogP) is 2.69. The van der Waals surface area contributed by atoms with Crippen LogP contribution in [0.25, 0.3) is 0 Å². The van der Waals surface area contributed by atoms with Crippen LogP contribution in [0.2, 0.25) is 0 Å². The monoisotopic (exact) mass is 386 g/mol. The van der Waals surface area contributed by atoms with Crippen LogP contribution in [0.15, 0.2) is 42.5 Å². The molecular formula is C20H18O8. The Bertz CT molecular complexity index is 1020. The Labute approximate surface area is 159 Å². The molecule has 28 heavy (non-hydrogen) atoms. The Morgan fingerprint density at radius 3 is 1.36 bits per heavy atom. The highest BCUT2D eigenvalue weighted by Crippen LogP contribution is 2.54. The maximum absolute atomic E-state index is 10.5. The minimum Gasteiger partial charge on any atom is -0.508 e. The van der Waals surface area contributed by atoms with Crippen LogP contribution < -0.4 is 0 Å². The lowest BCUT2D eigenvalue weighted by atomic mass is 9.69. The van der Waals surface area contributed by atoms with Gasteiger partial charge in [-0.2, -0.15) is 0 Å². The number of benzene rings is 3. The molecule has 3 aromatic rings. The lowest BCUT2D eigenvalue weighted by Gasteiger charge is -2.33. The van der Waals surface area contributed by atoms with E-state index in [0.29, 0.717) is 0 Å². The standard InChI is InChI=1S/C20H18O8/c1-20(10-3-2-9(21)8-15(10)24,11-4-6-13(22)18(27)16(11)25)12-5-7-14(23)19(28)17(12)26/h2-8,21-28H,1H3. The molecule has 3 aromatic carbocycles. The fourth-order valence-electron chi connectivity index (χ4n) is 3.32. The summed E-state index contributed by atoms with van der Waals surface area (Å²) in [6.45, 7) is 1.47. The van der Waals surface area contributed by atoms with E-state index in [1.54, 1.807) is 0 Å². The van der Waals surface area contributed by atoms with Gasteiger partial charge in [0.2, 0.25) is 11.5 Å². The zero-order chi connectivity index (χ0) is 20.8. The molecule has 0 spiro atoms. The minimum atomic E-state index is -1.59. The normalized spacial score (nSPS) is 11.5. The quantitative estimate of drug-likeness (QED) is 0.252. The van der Waals surface area contributed by atoms with Gasteiger partial charge in [-0.1, -0.05) is 18.2 Å². The summed E-state index contributed by atoms with van der Waals surface area (Å²) in [5.74, 6) is -4.88. The Kier molecular flexibility index (Phi) is 4.27. The molecule has 0 saturated heterocycles. The molecule has 3 rings (SSSR count). The number of aromatic hydroxyl groups is 8. The van der Waals surface area contributed by atoms with Crippen molar-refractivity contribution < 1.29 is 40.9 Å². The number of phenols is 8. The molecule has 8 N–H and O–H groups in total. The van der Waals surface area contributed by atoms with Crippen molar-refractivity contribution in [1.82, 2.24) is 0 Å². The van der Waals surface area contributed by atoms with Gasteiger partial charge in [0.15, 0.2) is 23.0 Å². The SMILES string of the molecule is CC(c1ccc(O)cc1O)(c1ccc(O)c(O)c1O)c1ccc(O)c(O)c1O. The zero-order valence-corrected chi connectivity index (χ0v) is 14.6. The Morgan fingerprint density at radius 2 is 0.929 bits per heavy atom. The fraction of sp³-hybridized carbons (Fsp3) is 0.100. The highest BCUT2D eigenvalue weighted by Gasteiger charge is 2.40. The molecule has 0 amide bonds. The molecule has 0 fully saturated rings. The van der Waals surface area contributed by atoms with E-state index in [1.807, 2.05) is 0 Å². The molecule has 0 aliphatic heterocycles. The zero-order valence-electron chi connectivity index (χ0n) is 14.6. The molecule has 0 atom stereocenters. The third-order valence-electron chi connectivity index (χ3n) is 4.86. The van der Waals surface area contributed by atoms with E-state index in [4.69, 9.17) is 0 Å². The van der Waals surface area contributed by atoms with E-state index in [9.17, 15) is 40.9 Å². The summed E-state index contributed by atoms with van der Waals surface area (Å²) in [6, 6.07) is 8.39. The van der Waals surface area contributed by atoms with Crippen molar-refractivity contribution >= 4 is 0 Å². The summed E-state index contributed by atoms with van der Waals surface area (Å²) in [5, 5.41) is 80.2. The summed E-state index contributed by atoms with van der Waals surface area (Å²) >= 11 is 0. The van der Waals surface area contributed by atoms with Crippen molar-refractivity contribution in [3.05, 3.63) is 59.2 Å². The van der Waals surface area contributed by atoms with Gasteiger partial charge in [-0.3, -0.25) is 0 Å². The average molecular weight is 386 g/mol. The molecule has 146 valence electrons. The van der Waals surface area contributed by atoms with E-state index < -0.39 is 45.7 Å². The summed E-state index contributed by atoms with van der Waals surface area (Å²) < 4.78 is 0. The topological polar surface area (TPSA) is 162 Å². The summed E-state index contributed by atoms with van der Waals surface area (Å²) in [4.78, 5) is 0. The van der Waals surface area contributed by atoms with Crippen LogP contribution in [0, 0.1) is 0 Å². The highest BCUT2D eigenvalue weighted by atomic mass is 16.3. The maximum Gasteiger partial charge on any atom is 0.200 e. The molecule has 8 heteroatoms. The smallest absolute Gasteiger partial charge is 0.200 e. The third-order valence-corrected chi connectivity index (χ3v) is 4.86. The highest BCUT2D eigenvalue weighted by molar-refractivity contribution is 5.68. The van der Waals surface area contributed by atoms with Crippen LogP contribution in [-0.4, -0.2) is 40.9 Å².